The van der Waals surface area contributed by atoms with Gasteiger partial charge in [0.25, 0.3) is 0 Å². The normalized spacial score (nSPS) is 14.0. The molecule has 0 aromatic rings. The second kappa shape index (κ2) is 10.1. The van der Waals surface area contributed by atoms with Gasteiger partial charge in [0.05, 0.1) is 19.1 Å². The molecule has 0 aliphatic heterocycles. The first-order valence-corrected chi connectivity index (χ1v) is 6.77. The average Bonchev–Trinajstić information content (AvgIpc) is 2.48. The number of rotatable bonds is 10. The number of aliphatic hydroxyl groups excluding tert-OH is 1. The van der Waals surface area contributed by atoms with E-state index in [1.807, 2.05) is 5.32 Å². The topological polar surface area (TPSA) is 208 Å². The maximum Gasteiger partial charge on any atom is 0.322 e. The van der Waals surface area contributed by atoms with Crippen molar-refractivity contribution in [1.29, 1.82) is 0 Å². The fraction of sp³-hybridized carbons (Fsp3) is 0.583. The van der Waals surface area contributed by atoms with Crippen LogP contribution in [0.1, 0.15) is 13.3 Å². The summed E-state index contributed by atoms with van der Waals surface area (Å²) >= 11 is 0. The summed E-state index contributed by atoms with van der Waals surface area (Å²) in [5.41, 5.74) is 5.07. The van der Waals surface area contributed by atoms with Crippen LogP contribution in [0, 0.1) is 0 Å². The van der Waals surface area contributed by atoms with Crippen LogP contribution < -0.4 is 21.7 Å². The van der Waals surface area contributed by atoms with Crippen LogP contribution in [0.5, 0.6) is 0 Å². The van der Waals surface area contributed by atoms with E-state index in [0.717, 1.165) is 6.92 Å². The number of amides is 3. The van der Waals surface area contributed by atoms with E-state index in [2.05, 4.69) is 10.6 Å². The zero-order chi connectivity index (χ0) is 18.9. The highest BCUT2D eigenvalue weighted by molar-refractivity contribution is 5.95. The lowest BCUT2D eigenvalue weighted by atomic mass is 10.1. The summed E-state index contributed by atoms with van der Waals surface area (Å²) in [6.45, 7) is -0.0569. The molecule has 3 unspecified atom stereocenters. The number of hydrogen-bond donors (Lipinski definition) is 7. The number of carboxylic acids is 2. The molecule has 12 heteroatoms. The molecule has 0 aromatic carbocycles. The van der Waals surface area contributed by atoms with Crippen molar-refractivity contribution >= 4 is 29.7 Å². The second-order valence-corrected chi connectivity index (χ2v) is 4.76. The van der Waals surface area contributed by atoms with E-state index in [0.29, 0.717) is 0 Å². The Morgan fingerprint density at radius 2 is 1.58 bits per heavy atom. The summed E-state index contributed by atoms with van der Waals surface area (Å²) in [5.74, 6) is -5.55. The summed E-state index contributed by atoms with van der Waals surface area (Å²) in [5, 5.41) is 32.9. The fourth-order valence-corrected chi connectivity index (χ4v) is 1.57. The highest BCUT2D eigenvalue weighted by Crippen LogP contribution is 1.99. The molecular formula is C12H20N4O8. The quantitative estimate of drug-likeness (QED) is 0.205. The molecule has 0 rings (SSSR count). The van der Waals surface area contributed by atoms with E-state index >= 15 is 0 Å². The number of nitrogens with one attached hydrogen (secondary N) is 3. The molecule has 0 saturated heterocycles. The third kappa shape index (κ3) is 8.05. The molecule has 0 heterocycles. The molecule has 8 N–H and O–H groups in total. The van der Waals surface area contributed by atoms with Crippen LogP contribution in [0.25, 0.3) is 0 Å². The maximum atomic E-state index is 12.1. The largest absolute Gasteiger partial charge is 0.481 e. The van der Waals surface area contributed by atoms with Gasteiger partial charge in [0.1, 0.15) is 18.6 Å². The SMILES string of the molecule is CC(O)C(NC(=O)C(CC(=O)O)NC(=O)CN)C(=O)NCC(=O)O. The standard InChI is InChI=1S/C12H20N4O8/c1-5(17)10(12(24)14-4-9(21)22)16-11(23)6(2-8(19)20)15-7(18)3-13/h5-6,10,17H,2-4,13H2,1H3,(H,14,24)(H,15,18)(H,16,23)(H,19,20)(H,21,22). The van der Waals surface area contributed by atoms with Gasteiger partial charge in [0, 0.05) is 0 Å². The van der Waals surface area contributed by atoms with Crippen LogP contribution in [0.4, 0.5) is 0 Å². The van der Waals surface area contributed by atoms with Gasteiger partial charge in [-0.1, -0.05) is 0 Å². The molecule has 0 spiro atoms. The predicted octanol–water partition coefficient (Wildman–Crippen LogP) is -4.03. The van der Waals surface area contributed by atoms with Crippen molar-refractivity contribution in [2.75, 3.05) is 13.1 Å². The molecule has 0 fully saturated rings. The van der Waals surface area contributed by atoms with Crippen molar-refractivity contribution in [1.82, 2.24) is 16.0 Å². The lowest BCUT2D eigenvalue weighted by Crippen LogP contribution is -2.58. The first kappa shape index (κ1) is 21.3. The number of aliphatic hydroxyl groups is 1. The Morgan fingerprint density at radius 3 is 2.00 bits per heavy atom. The van der Waals surface area contributed by atoms with Gasteiger partial charge in [-0.3, -0.25) is 24.0 Å². The Morgan fingerprint density at radius 1 is 1.00 bits per heavy atom. The van der Waals surface area contributed by atoms with Crippen molar-refractivity contribution < 1.29 is 39.3 Å². The van der Waals surface area contributed by atoms with Crippen molar-refractivity contribution in [3.8, 4) is 0 Å². The van der Waals surface area contributed by atoms with Crippen LogP contribution >= 0.6 is 0 Å². The minimum absolute atomic E-state index is 0.484. The third-order valence-corrected chi connectivity index (χ3v) is 2.69. The van der Waals surface area contributed by atoms with Crippen LogP contribution in [0.3, 0.4) is 0 Å². The van der Waals surface area contributed by atoms with Crippen molar-refractivity contribution in [2.45, 2.75) is 31.5 Å². The van der Waals surface area contributed by atoms with E-state index in [1.165, 1.54) is 0 Å². The number of carboxylic acid groups (broad SMARTS) is 2. The summed E-state index contributed by atoms with van der Waals surface area (Å²) in [7, 11) is 0. The number of carbonyl (C=O) groups excluding carboxylic acids is 3. The number of hydrogen-bond acceptors (Lipinski definition) is 7. The van der Waals surface area contributed by atoms with Crippen molar-refractivity contribution in [3.63, 3.8) is 0 Å². The third-order valence-electron chi connectivity index (χ3n) is 2.69. The lowest BCUT2D eigenvalue weighted by Gasteiger charge is -2.23. The number of carbonyl (C=O) groups is 5. The Kier molecular flexibility index (Phi) is 8.97. The number of nitrogens with two attached hydrogens (primary N) is 1. The first-order chi connectivity index (χ1) is 11.1. The van der Waals surface area contributed by atoms with Gasteiger partial charge in [-0.25, -0.2) is 0 Å². The summed E-state index contributed by atoms with van der Waals surface area (Å²) in [6, 6.07) is -3.06. The second-order valence-electron chi connectivity index (χ2n) is 4.76. The van der Waals surface area contributed by atoms with Crippen LogP contribution in [-0.2, 0) is 24.0 Å². The Labute approximate surface area is 136 Å². The van der Waals surface area contributed by atoms with E-state index in [-0.39, 0.29) is 0 Å². The molecule has 3 amide bonds. The highest BCUT2D eigenvalue weighted by atomic mass is 16.4. The van der Waals surface area contributed by atoms with E-state index in [1.54, 1.807) is 0 Å². The zero-order valence-electron chi connectivity index (χ0n) is 12.8. The molecule has 0 saturated carbocycles. The Bertz CT molecular complexity index is 507. The van der Waals surface area contributed by atoms with Crippen molar-refractivity contribution in [2.24, 2.45) is 5.73 Å². The van der Waals surface area contributed by atoms with Crippen LogP contribution in [-0.4, -0.2) is 76.3 Å². The maximum absolute atomic E-state index is 12.1. The molecule has 3 atom stereocenters. The molecule has 136 valence electrons. The summed E-state index contributed by atoms with van der Waals surface area (Å²) < 4.78 is 0. The summed E-state index contributed by atoms with van der Waals surface area (Å²) in [6.07, 6.45) is -2.18. The molecule has 0 radical (unpaired) electrons. The predicted molar refractivity (Wildman–Crippen MR) is 77.5 cm³/mol. The molecule has 0 aromatic heterocycles. The lowest BCUT2D eigenvalue weighted by molar-refractivity contribution is -0.142. The minimum Gasteiger partial charge on any atom is -0.481 e. The first-order valence-electron chi connectivity index (χ1n) is 6.77. The average molecular weight is 348 g/mol. The van der Waals surface area contributed by atoms with Crippen molar-refractivity contribution in [3.05, 3.63) is 0 Å². The minimum atomic E-state index is -1.54. The number of aliphatic carboxylic acids is 2. The van der Waals surface area contributed by atoms with Crippen LogP contribution in [0.2, 0.25) is 0 Å². The van der Waals surface area contributed by atoms with E-state index < -0.39 is 67.4 Å². The summed E-state index contributed by atoms with van der Waals surface area (Å²) in [4.78, 5) is 56.2. The fourth-order valence-electron chi connectivity index (χ4n) is 1.57. The van der Waals surface area contributed by atoms with Gasteiger partial charge in [-0.2, -0.15) is 0 Å². The molecule has 0 aliphatic carbocycles. The molecule has 0 aliphatic rings. The monoisotopic (exact) mass is 348 g/mol. The van der Waals surface area contributed by atoms with Gasteiger partial charge in [0.15, 0.2) is 0 Å². The molecular weight excluding hydrogens is 328 g/mol. The molecule has 12 nitrogen and oxygen atoms in total. The Balaban J connectivity index is 5.03. The smallest absolute Gasteiger partial charge is 0.322 e. The van der Waals surface area contributed by atoms with Gasteiger partial charge in [-0.15, -0.1) is 0 Å². The van der Waals surface area contributed by atoms with E-state index in [4.69, 9.17) is 15.9 Å². The Hall–Kier alpha value is -2.73. The van der Waals surface area contributed by atoms with Gasteiger partial charge < -0.3 is 37.0 Å². The zero-order valence-corrected chi connectivity index (χ0v) is 12.8. The van der Waals surface area contributed by atoms with Gasteiger partial charge in [-0.05, 0) is 6.92 Å². The molecule has 24 heavy (non-hydrogen) atoms. The van der Waals surface area contributed by atoms with Gasteiger partial charge >= 0.3 is 11.9 Å². The molecule has 0 bridgehead atoms. The van der Waals surface area contributed by atoms with E-state index in [9.17, 15) is 29.1 Å². The van der Waals surface area contributed by atoms with Gasteiger partial charge in [0.2, 0.25) is 17.7 Å². The van der Waals surface area contributed by atoms with Crippen LogP contribution in [0.15, 0.2) is 0 Å². The highest BCUT2D eigenvalue weighted by Gasteiger charge is 2.30.